The quantitative estimate of drug-likeness (QED) is 0.194. The molecule has 0 fully saturated rings. The fraction of sp³-hybridized carbons (Fsp3) is 0.214. The third kappa shape index (κ3) is 6.26. The van der Waals surface area contributed by atoms with Gasteiger partial charge in [0.05, 0.1) is 12.0 Å². The maximum absolute atomic E-state index is 13.3. The Bertz CT molecular complexity index is 1370. The normalized spacial score (nSPS) is 11.7. The number of benzene rings is 3. The zero-order valence-electron chi connectivity index (χ0n) is 20.7. The summed E-state index contributed by atoms with van der Waals surface area (Å²) in [7, 11) is 0. The zero-order valence-corrected chi connectivity index (χ0v) is 21.5. The second-order valence-electron chi connectivity index (χ2n) is 9.44. The molecule has 1 N–H and O–H groups in total. The summed E-state index contributed by atoms with van der Waals surface area (Å²) in [6.45, 7) is 8.57. The van der Waals surface area contributed by atoms with Crippen molar-refractivity contribution in [2.24, 2.45) is 5.10 Å². The molecule has 4 aromatic rings. The Morgan fingerprint density at radius 3 is 2.44 bits per heavy atom. The predicted molar refractivity (Wildman–Crippen MR) is 143 cm³/mol. The first-order chi connectivity index (χ1) is 17.2. The Balaban J connectivity index is 1.54. The van der Waals surface area contributed by atoms with Crippen molar-refractivity contribution in [2.45, 2.75) is 38.3 Å². The second kappa shape index (κ2) is 10.9. The Morgan fingerprint density at radius 1 is 1.06 bits per heavy atom. The summed E-state index contributed by atoms with van der Waals surface area (Å²) in [5.41, 5.74) is 7.31. The highest BCUT2D eigenvalue weighted by Gasteiger charge is 2.19. The molecule has 0 aliphatic carbocycles. The Labute approximate surface area is 214 Å². The molecule has 1 amide bonds. The summed E-state index contributed by atoms with van der Waals surface area (Å²) >= 11 is 1.27. The number of aromatic nitrogens is 3. The van der Waals surface area contributed by atoms with E-state index in [0.29, 0.717) is 16.5 Å². The van der Waals surface area contributed by atoms with Gasteiger partial charge in [-0.25, -0.2) is 9.82 Å². The van der Waals surface area contributed by atoms with E-state index in [-0.39, 0.29) is 22.9 Å². The van der Waals surface area contributed by atoms with Crippen LogP contribution < -0.4 is 5.43 Å². The second-order valence-corrected chi connectivity index (χ2v) is 10.4. The van der Waals surface area contributed by atoms with Gasteiger partial charge in [-0.05, 0) is 47.7 Å². The number of nitrogens with one attached hydrogen (secondary N) is 1. The molecule has 184 valence electrons. The molecule has 1 heterocycles. The summed E-state index contributed by atoms with van der Waals surface area (Å²) in [5.74, 6) is 0.127. The number of hydrazone groups is 1. The van der Waals surface area contributed by atoms with Crippen LogP contribution in [-0.4, -0.2) is 32.6 Å². The van der Waals surface area contributed by atoms with E-state index in [0.717, 1.165) is 16.8 Å². The first-order valence-electron chi connectivity index (χ1n) is 11.5. The fourth-order valence-corrected chi connectivity index (χ4v) is 4.27. The van der Waals surface area contributed by atoms with E-state index in [1.807, 2.05) is 35.8 Å². The molecule has 0 spiro atoms. The standard InChI is InChI=1S/C28H28FN5OS/c1-19-8-14-24(15-9-19)34-26(21-10-12-22(13-11-21)28(2,3)4)32-33-27(34)36-18-25(35)31-30-17-20-6-5-7-23(29)16-20/h5-17H,18H2,1-4H3,(H,31,35)/b30-17-. The molecule has 0 saturated carbocycles. The van der Waals surface area contributed by atoms with Crippen LogP contribution in [0.25, 0.3) is 17.1 Å². The summed E-state index contributed by atoms with van der Waals surface area (Å²) in [6, 6.07) is 22.4. The van der Waals surface area contributed by atoms with Crippen molar-refractivity contribution in [2.75, 3.05) is 5.75 Å². The third-order valence-corrected chi connectivity index (χ3v) is 6.45. The number of carbonyl (C=O) groups excluding carboxylic acids is 1. The lowest BCUT2D eigenvalue weighted by Gasteiger charge is -2.19. The van der Waals surface area contributed by atoms with Crippen LogP contribution in [0.5, 0.6) is 0 Å². The SMILES string of the molecule is Cc1ccc(-n2c(SCC(=O)N/N=C\c3cccc(F)c3)nnc2-c2ccc(C(C)(C)C)cc2)cc1. The van der Waals surface area contributed by atoms with Gasteiger partial charge in [-0.15, -0.1) is 10.2 Å². The summed E-state index contributed by atoms with van der Waals surface area (Å²) < 4.78 is 15.2. The van der Waals surface area contributed by atoms with Crippen LogP contribution in [0.3, 0.4) is 0 Å². The van der Waals surface area contributed by atoms with Gasteiger partial charge >= 0.3 is 0 Å². The number of amides is 1. The van der Waals surface area contributed by atoms with Gasteiger partial charge in [-0.1, -0.05) is 86.6 Å². The number of thioether (sulfide) groups is 1. The van der Waals surface area contributed by atoms with Crippen molar-refractivity contribution in [1.82, 2.24) is 20.2 Å². The largest absolute Gasteiger partial charge is 0.272 e. The molecule has 8 heteroatoms. The molecule has 0 unspecified atom stereocenters. The predicted octanol–water partition coefficient (Wildman–Crippen LogP) is 5.92. The van der Waals surface area contributed by atoms with E-state index in [9.17, 15) is 9.18 Å². The number of carbonyl (C=O) groups is 1. The van der Waals surface area contributed by atoms with E-state index in [4.69, 9.17) is 0 Å². The Hall–Kier alpha value is -3.78. The molecule has 3 aromatic carbocycles. The zero-order chi connectivity index (χ0) is 25.7. The number of halogens is 1. The van der Waals surface area contributed by atoms with Crippen molar-refractivity contribution >= 4 is 23.9 Å². The van der Waals surface area contributed by atoms with Gasteiger partial charge in [0.1, 0.15) is 5.82 Å². The van der Waals surface area contributed by atoms with Crippen LogP contribution in [0.15, 0.2) is 83.1 Å². The lowest BCUT2D eigenvalue weighted by Crippen LogP contribution is -2.20. The third-order valence-electron chi connectivity index (χ3n) is 5.52. The first kappa shape index (κ1) is 25.3. The Kier molecular flexibility index (Phi) is 7.64. The molecule has 0 saturated heterocycles. The van der Waals surface area contributed by atoms with Crippen molar-refractivity contribution in [3.63, 3.8) is 0 Å². The average molecular weight is 502 g/mol. The molecule has 36 heavy (non-hydrogen) atoms. The summed E-state index contributed by atoms with van der Waals surface area (Å²) in [5, 5.41) is 13.4. The first-order valence-corrected chi connectivity index (χ1v) is 12.5. The van der Waals surface area contributed by atoms with Crippen LogP contribution in [0, 0.1) is 12.7 Å². The fourth-order valence-electron chi connectivity index (χ4n) is 3.52. The number of aryl methyl sites for hydroxylation is 1. The molecule has 0 aliphatic rings. The van der Waals surface area contributed by atoms with Crippen LogP contribution in [0.1, 0.15) is 37.5 Å². The minimum atomic E-state index is -0.361. The van der Waals surface area contributed by atoms with E-state index in [1.165, 1.54) is 35.7 Å². The average Bonchev–Trinajstić information content (AvgIpc) is 3.27. The lowest BCUT2D eigenvalue weighted by atomic mass is 9.87. The van der Waals surface area contributed by atoms with Gasteiger partial charge in [0.25, 0.3) is 5.91 Å². The molecule has 1 aromatic heterocycles. The van der Waals surface area contributed by atoms with Crippen molar-refractivity contribution in [3.05, 3.63) is 95.3 Å². The molecule has 4 rings (SSSR count). The Morgan fingerprint density at radius 2 is 1.78 bits per heavy atom. The van der Waals surface area contributed by atoms with E-state index in [1.54, 1.807) is 12.1 Å². The lowest BCUT2D eigenvalue weighted by molar-refractivity contribution is -0.118. The molecule has 0 aliphatic heterocycles. The van der Waals surface area contributed by atoms with E-state index >= 15 is 0 Å². The maximum Gasteiger partial charge on any atom is 0.250 e. The number of nitrogens with zero attached hydrogens (tertiary/aromatic N) is 4. The van der Waals surface area contributed by atoms with Gasteiger partial charge in [0.2, 0.25) is 0 Å². The van der Waals surface area contributed by atoms with Crippen LogP contribution in [0.2, 0.25) is 0 Å². The van der Waals surface area contributed by atoms with Gasteiger partial charge in [-0.3, -0.25) is 9.36 Å². The molecular weight excluding hydrogens is 473 g/mol. The van der Waals surface area contributed by atoms with Crippen molar-refractivity contribution in [3.8, 4) is 17.1 Å². The van der Waals surface area contributed by atoms with Crippen molar-refractivity contribution < 1.29 is 9.18 Å². The molecule has 0 radical (unpaired) electrons. The highest BCUT2D eigenvalue weighted by Crippen LogP contribution is 2.30. The summed E-state index contributed by atoms with van der Waals surface area (Å²) in [6.07, 6.45) is 1.40. The van der Waals surface area contributed by atoms with Gasteiger partial charge in [0, 0.05) is 11.3 Å². The maximum atomic E-state index is 13.3. The molecule has 0 atom stereocenters. The van der Waals surface area contributed by atoms with Gasteiger partial charge < -0.3 is 0 Å². The summed E-state index contributed by atoms with van der Waals surface area (Å²) in [4.78, 5) is 12.4. The smallest absolute Gasteiger partial charge is 0.250 e. The van der Waals surface area contributed by atoms with E-state index < -0.39 is 0 Å². The van der Waals surface area contributed by atoms with Gasteiger partial charge in [-0.2, -0.15) is 5.10 Å². The molecule has 0 bridgehead atoms. The molecular formula is C28H28FN5OS. The van der Waals surface area contributed by atoms with E-state index in [2.05, 4.69) is 65.8 Å². The molecule has 6 nitrogen and oxygen atoms in total. The minimum absolute atomic E-state index is 0.0503. The van der Waals surface area contributed by atoms with Crippen LogP contribution in [0.4, 0.5) is 4.39 Å². The number of rotatable bonds is 7. The number of hydrogen-bond acceptors (Lipinski definition) is 5. The van der Waals surface area contributed by atoms with Crippen molar-refractivity contribution in [1.29, 1.82) is 0 Å². The van der Waals surface area contributed by atoms with Crippen LogP contribution in [-0.2, 0) is 10.2 Å². The van der Waals surface area contributed by atoms with Gasteiger partial charge in [0.15, 0.2) is 11.0 Å². The highest BCUT2D eigenvalue weighted by atomic mass is 32.2. The topological polar surface area (TPSA) is 72.2 Å². The number of hydrogen-bond donors (Lipinski definition) is 1. The minimum Gasteiger partial charge on any atom is -0.272 e. The van der Waals surface area contributed by atoms with Crippen LogP contribution >= 0.6 is 11.8 Å². The monoisotopic (exact) mass is 501 g/mol. The highest BCUT2D eigenvalue weighted by molar-refractivity contribution is 7.99.